The van der Waals surface area contributed by atoms with Gasteiger partial charge < -0.3 is 15.3 Å². The van der Waals surface area contributed by atoms with E-state index in [0.29, 0.717) is 43.5 Å². The van der Waals surface area contributed by atoms with Gasteiger partial charge in [-0.15, -0.1) is 0 Å². The number of rotatable bonds is 3. The SMILES string of the molecule is CC1(C)CC(C2CCCCC2)Nc2c(C(=O)N3CCC(O)(c4ccccc4)CC3)cnn21. The number of nitrogens with zero attached hydrogens (tertiary/aromatic N) is 3. The van der Waals surface area contributed by atoms with Crippen LogP contribution < -0.4 is 5.32 Å². The summed E-state index contributed by atoms with van der Waals surface area (Å²) < 4.78 is 2.02. The van der Waals surface area contributed by atoms with E-state index in [1.807, 2.05) is 39.9 Å². The number of likely N-dealkylation sites (tertiary alicyclic amines) is 1. The summed E-state index contributed by atoms with van der Waals surface area (Å²) in [5.41, 5.74) is 0.636. The smallest absolute Gasteiger partial charge is 0.259 e. The maximum atomic E-state index is 13.5. The quantitative estimate of drug-likeness (QED) is 0.743. The predicted molar refractivity (Wildman–Crippen MR) is 126 cm³/mol. The molecule has 1 unspecified atom stereocenters. The Morgan fingerprint density at radius 2 is 1.78 bits per heavy atom. The van der Waals surface area contributed by atoms with Crippen molar-refractivity contribution in [3.63, 3.8) is 0 Å². The molecule has 1 saturated heterocycles. The Bertz CT molecular complexity index is 953. The molecular weight excluding hydrogens is 400 g/mol. The largest absolute Gasteiger partial charge is 0.385 e. The summed E-state index contributed by atoms with van der Waals surface area (Å²) in [6, 6.07) is 10.2. The number of carbonyl (C=O) groups is 1. The van der Waals surface area contributed by atoms with Crippen LogP contribution in [-0.4, -0.2) is 44.8 Å². The van der Waals surface area contributed by atoms with Crippen LogP contribution in [0.1, 0.15) is 81.1 Å². The molecule has 2 fully saturated rings. The van der Waals surface area contributed by atoms with Gasteiger partial charge in [-0.1, -0.05) is 49.6 Å². The van der Waals surface area contributed by atoms with E-state index in [0.717, 1.165) is 17.8 Å². The fraction of sp³-hybridized carbons (Fsp3) is 0.615. The number of carbonyl (C=O) groups excluding carboxylic acids is 1. The number of anilines is 1. The monoisotopic (exact) mass is 436 g/mol. The van der Waals surface area contributed by atoms with Gasteiger partial charge in [0.1, 0.15) is 11.4 Å². The molecule has 1 aromatic carbocycles. The van der Waals surface area contributed by atoms with Crippen LogP contribution in [0.4, 0.5) is 5.82 Å². The van der Waals surface area contributed by atoms with Gasteiger partial charge in [0.15, 0.2) is 0 Å². The Balaban J connectivity index is 1.33. The topological polar surface area (TPSA) is 70.4 Å². The molecule has 6 nitrogen and oxygen atoms in total. The summed E-state index contributed by atoms with van der Waals surface area (Å²) in [6.45, 7) is 5.55. The minimum absolute atomic E-state index is 0.0222. The van der Waals surface area contributed by atoms with Crippen molar-refractivity contribution >= 4 is 11.7 Å². The van der Waals surface area contributed by atoms with Gasteiger partial charge in [0.2, 0.25) is 0 Å². The molecule has 0 bridgehead atoms. The summed E-state index contributed by atoms with van der Waals surface area (Å²) in [5, 5.41) is 19.5. The highest BCUT2D eigenvalue weighted by Crippen LogP contribution is 2.40. The second-order valence-electron chi connectivity index (χ2n) is 10.7. The Kier molecular flexibility index (Phi) is 5.52. The zero-order chi connectivity index (χ0) is 22.3. The van der Waals surface area contributed by atoms with Gasteiger partial charge in [-0.3, -0.25) is 4.79 Å². The molecule has 0 spiro atoms. The lowest BCUT2D eigenvalue weighted by atomic mass is 9.78. The Labute approximate surface area is 191 Å². The number of aromatic nitrogens is 2. The Morgan fingerprint density at radius 1 is 1.09 bits per heavy atom. The van der Waals surface area contributed by atoms with Gasteiger partial charge in [-0.2, -0.15) is 5.10 Å². The van der Waals surface area contributed by atoms with Crippen LogP contribution in [0, 0.1) is 5.92 Å². The first-order valence-corrected chi connectivity index (χ1v) is 12.3. The zero-order valence-corrected chi connectivity index (χ0v) is 19.4. The van der Waals surface area contributed by atoms with Crippen LogP contribution in [0.2, 0.25) is 0 Å². The van der Waals surface area contributed by atoms with E-state index in [-0.39, 0.29) is 11.4 Å². The van der Waals surface area contributed by atoms with Crippen LogP contribution >= 0.6 is 0 Å². The van der Waals surface area contributed by atoms with Gasteiger partial charge >= 0.3 is 0 Å². The summed E-state index contributed by atoms with van der Waals surface area (Å²) in [5.74, 6) is 1.57. The molecule has 32 heavy (non-hydrogen) atoms. The maximum Gasteiger partial charge on any atom is 0.259 e. The molecule has 3 heterocycles. The molecule has 1 aromatic heterocycles. The van der Waals surface area contributed by atoms with Crippen LogP contribution in [0.3, 0.4) is 0 Å². The summed E-state index contributed by atoms with van der Waals surface area (Å²) in [7, 11) is 0. The van der Waals surface area contributed by atoms with Crippen molar-refractivity contribution < 1.29 is 9.90 Å². The fourth-order valence-electron chi connectivity index (χ4n) is 6.06. The lowest BCUT2D eigenvalue weighted by molar-refractivity contribution is -0.0211. The molecule has 5 rings (SSSR count). The number of amides is 1. The third-order valence-electron chi connectivity index (χ3n) is 8.02. The van der Waals surface area contributed by atoms with Gasteiger partial charge in [0.25, 0.3) is 5.91 Å². The average Bonchev–Trinajstić information content (AvgIpc) is 3.25. The van der Waals surface area contributed by atoms with Crippen molar-refractivity contribution in [1.82, 2.24) is 14.7 Å². The minimum Gasteiger partial charge on any atom is -0.385 e. The molecule has 0 radical (unpaired) electrons. The van der Waals surface area contributed by atoms with Gasteiger partial charge in [0.05, 0.1) is 17.3 Å². The predicted octanol–water partition coefficient (Wildman–Crippen LogP) is 4.51. The summed E-state index contributed by atoms with van der Waals surface area (Å²) >= 11 is 0. The highest BCUT2D eigenvalue weighted by molar-refractivity contribution is 5.99. The van der Waals surface area contributed by atoms with E-state index in [1.54, 1.807) is 6.20 Å². The van der Waals surface area contributed by atoms with Crippen LogP contribution in [-0.2, 0) is 11.1 Å². The summed E-state index contributed by atoms with van der Waals surface area (Å²) in [6.07, 6.45) is 10.4. The lowest BCUT2D eigenvalue weighted by Crippen LogP contribution is -2.47. The zero-order valence-electron chi connectivity index (χ0n) is 19.4. The van der Waals surface area contributed by atoms with Crippen molar-refractivity contribution in [1.29, 1.82) is 0 Å². The number of piperidine rings is 1. The standard InChI is InChI=1S/C26H36N4O2/c1-25(2)17-22(19-9-5-3-6-10-19)28-23-21(18-27-30(23)25)24(31)29-15-13-26(32,14-16-29)20-11-7-4-8-12-20/h4,7-8,11-12,18-19,22,28,32H,3,5-6,9-10,13-17H2,1-2H3. The summed E-state index contributed by atoms with van der Waals surface area (Å²) in [4.78, 5) is 15.4. The van der Waals surface area contributed by atoms with Crippen molar-refractivity contribution in [2.24, 2.45) is 5.92 Å². The second-order valence-corrected chi connectivity index (χ2v) is 10.7. The third kappa shape index (κ3) is 3.83. The number of hydrogen-bond donors (Lipinski definition) is 2. The third-order valence-corrected chi connectivity index (χ3v) is 8.02. The lowest BCUT2D eigenvalue weighted by Gasteiger charge is -2.43. The first-order chi connectivity index (χ1) is 15.4. The number of hydrogen-bond acceptors (Lipinski definition) is 4. The molecule has 1 amide bonds. The number of fused-ring (bicyclic) bond motifs is 1. The Hall–Kier alpha value is -2.34. The molecule has 3 aliphatic rings. The molecule has 172 valence electrons. The first-order valence-electron chi connectivity index (χ1n) is 12.3. The van der Waals surface area contributed by atoms with E-state index in [4.69, 9.17) is 0 Å². The highest BCUT2D eigenvalue weighted by Gasteiger charge is 2.41. The second kappa shape index (κ2) is 8.22. The maximum absolute atomic E-state index is 13.5. The first kappa shape index (κ1) is 21.5. The van der Waals surface area contributed by atoms with Crippen molar-refractivity contribution in [3.05, 3.63) is 47.7 Å². The van der Waals surface area contributed by atoms with Crippen molar-refractivity contribution in [2.45, 2.75) is 82.4 Å². The van der Waals surface area contributed by atoms with Crippen LogP contribution in [0.15, 0.2) is 36.5 Å². The Morgan fingerprint density at radius 3 is 2.47 bits per heavy atom. The highest BCUT2D eigenvalue weighted by atomic mass is 16.3. The number of benzene rings is 1. The molecule has 2 aliphatic heterocycles. The molecule has 1 atom stereocenters. The van der Waals surface area contributed by atoms with E-state index in [9.17, 15) is 9.90 Å². The molecule has 1 aliphatic carbocycles. The van der Waals surface area contributed by atoms with E-state index < -0.39 is 5.60 Å². The normalized spacial score (nSPS) is 25.1. The van der Waals surface area contributed by atoms with Crippen LogP contribution in [0.25, 0.3) is 0 Å². The van der Waals surface area contributed by atoms with Crippen molar-refractivity contribution in [2.75, 3.05) is 18.4 Å². The molecule has 2 N–H and O–H groups in total. The molecular formula is C26H36N4O2. The van der Waals surface area contributed by atoms with Crippen LogP contribution in [0.5, 0.6) is 0 Å². The molecule has 2 aromatic rings. The molecule has 6 heteroatoms. The average molecular weight is 437 g/mol. The number of aliphatic hydroxyl groups is 1. The molecule has 1 saturated carbocycles. The van der Waals surface area contributed by atoms with E-state index >= 15 is 0 Å². The number of nitrogens with one attached hydrogen (secondary N) is 1. The van der Waals surface area contributed by atoms with E-state index in [2.05, 4.69) is 24.3 Å². The van der Waals surface area contributed by atoms with Crippen molar-refractivity contribution in [3.8, 4) is 0 Å². The van der Waals surface area contributed by atoms with Gasteiger partial charge in [-0.25, -0.2) is 4.68 Å². The van der Waals surface area contributed by atoms with Gasteiger partial charge in [-0.05, 0) is 57.4 Å². The van der Waals surface area contributed by atoms with Gasteiger partial charge in [0, 0.05) is 19.1 Å². The van der Waals surface area contributed by atoms with E-state index in [1.165, 1.54) is 32.1 Å². The fourth-order valence-corrected chi connectivity index (χ4v) is 6.06. The minimum atomic E-state index is -0.858.